The summed E-state index contributed by atoms with van der Waals surface area (Å²) >= 11 is 0. The summed E-state index contributed by atoms with van der Waals surface area (Å²) in [6, 6.07) is 11.4. The van der Waals surface area contributed by atoms with Crippen molar-refractivity contribution >= 4 is 16.2 Å². The fourth-order valence-electron chi connectivity index (χ4n) is 4.00. The van der Waals surface area contributed by atoms with Gasteiger partial charge in [-0.05, 0) is 30.9 Å². The third-order valence-corrected chi connectivity index (χ3v) is 7.33. The molecule has 162 valence electrons. The van der Waals surface area contributed by atoms with Crippen molar-refractivity contribution in [1.82, 2.24) is 19.0 Å². The van der Waals surface area contributed by atoms with E-state index in [1.165, 1.54) is 4.31 Å². The highest BCUT2D eigenvalue weighted by Gasteiger charge is 2.30. The van der Waals surface area contributed by atoms with E-state index in [-0.39, 0.29) is 6.04 Å². The Morgan fingerprint density at radius 2 is 1.93 bits per heavy atom. The number of anilines is 1. The minimum atomic E-state index is -3.57. The van der Waals surface area contributed by atoms with Crippen LogP contribution in [0.15, 0.2) is 42.6 Å². The molecule has 0 spiro atoms. The second-order valence-electron chi connectivity index (χ2n) is 7.96. The van der Waals surface area contributed by atoms with E-state index in [4.69, 9.17) is 9.72 Å². The van der Waals surface area contributed by atoms with Crippen LogP contribution in [0.1, 0.15) is 36.4 Å². The lowest BCUT2D eigenvalue weighted by Gasteiger charge is -2.23. The van der Waals surface area contributed by atoms with Crippen LogP contribution >= 0.6 is 0 Å². The standard InChI is InChI=1S/C21H29N5O3S/c1-25(15-17-5-3-2-4-6-17)30(27,28)24-19-8-12-26(16-19)21-22-11-7-20(23-21)18-9-13-29-14-10-18/h2-7,11,18-19,24H,8-10,12-16H2,1H3. The first kappa shape index (κ1) is 21.2. The van der Waals surface area contributed by atoms with E-state index in [2.05, 4.69) is 14.6 Å². The van der Waals surface area contributed by atoms with Gasteiger partial charge in [-0.3, -0.25) is 0 Å². The first-order valence-corrected chi connectivity index (χ1v) is 11.9. The molecule has 1 aromatic heterocycles. The fraction of sp³-hybridized carbons (Fsp3) is 0.524. The maximum Gasteiger partial charge on any atom is 0.279 e. The molecule has 8 nitrogen and oxygen atoms in total. The first-order valence-electron chi connectivity index (χ1n) is 10.4. The molecule has 2 fully saturated rings. The zero-order valence-electron chi connectivity index (χ0n) is 17.3. The molecule has 1 atom stereocenters. The van der Waals surface area contributed by atoms with Crippen LogP contribution in [0.5, 0.6) is 0 Å². The number of hydrogen-bond acceptors (Lipinski definition) is 6. The number of ether oxygens (including phenoxy) is 1. The number of nitrogens with zero attached hydrogens (tertiary/aromatic N) is 4. The maximum atomic E-state index is 12.7. The summed E-state index contributed by atoms with van der Waals surface area (Å²) in [4.78, 5) is 11.3. The van der Waals surface area contributed by atoms with Crippen LogP contribution in [0.2, 0.25) is 0 Å². The van der Waals surface area contributed by atoms with Gasteiger partial charge in [0.25, 0.3) is 10.2 Å². The Balaban J connectivity index is 1.36. The van der Waals surface area contributed by atoms with Gasteiger partial charge in [0.15, 0.2) is 0 Å². The van der Waals surface area contributed by atoms with Crippen LogP contribution in [-0.2, 0) is 21.5 Å². The quantitative estimate of drug-likeness (QED) is 0.721. The lowest BCUT2D eigenvalue weighted by Crippen LogP contribution is -2.44. The summed E-state index contributed by atoms with van der Waals surface area (Å²) in [5.41, 5.74) is 2.01. The van der Waals surface area contributed by atoms with Crippen LogP contribution < -0.4 is 9.62 Å². The minimum Gasteiger partial charge on any atom is -0.381 e. The summed E-state index contributed by atoms with van der Waals surface area (Å²) in [6.45, 7) is 3.17. The predicted molar refractivity (Wildman–Crippen MR) is 115 cm³/mol. The van der Waals surface area contributed by atoms with Gasteiger partial charge in [-0.1, -0.05) is 30.3 Å². The van der Waals surface area contributed by atoms with Gasteiger partial charge in [0.1, 0.15) is 0 Å². The average molecular weight is 432 g/mol. The third-order valence-electron chi connectivity index (χ3n) is 5.75. The van der Waals surface area contributed by atoms with E-state index in [1.54, 1.807) is 13.2 Å². The largest absolute Gasteiger partial charge is 0.381 e. The van der Waals surface area contributed by atoms with Crippen molar-refractivity contribution in [2.45, 2.75) is 37.8 Å². The topological polar surface area (TPSA) is 87.7 Å². The second kappa shape index (κ2) is 9.38. The number of rotatable bonds is 7. The Labute approximate surface area is 178 Å². The molecule has 9 heteroatoms. The van der Waals surface area contributed by atoms with Gasteiger partial charge in [-0.15, -0.1) is 0 Å². The number of nitrogens with one attached hydrogen (secondary N) is 1. The molecule has 2 aliphatic rings. The molecular formula is C21H29N5O3S. The molecule has 0 saturated carbocycles. The van der Waals surface area contributed by atoms with Gasteiger partial charge in [0.05, 0.1) is 0 Å². The second-order valence-corrected chi connectivity index (χ2v) is 9.77. The van der Waals surface area contributed by atoms with Crippen molar-refractivity contribution < 1.29 is 13.2 Å². The van der Waals surface area contributed by atoms with Crippen LogP contribution in [0.4, 0.5) is 5.95 Å². The molecule has 1 N–H and O–H groups in total. The molecule has 1 unspecified atom stereocenters. The summed E-state index contributed by atoms with van der Waals surface area (Å²) in [7, 11) is -1.97. The average Bonchev–Trinajstić information content (AvgIpc) is 3.23. The monoisotopic (exact) mass is 431 g/mol. The number of aromatic nitrogens is 2. The van der Waals surface area contributed by atoms with E-state index < -0.39 is 10.2 Å². The van der Waals surface area contributed by atoms with Gasteiger partial charge < -0.3 is 9.64 Å². The maximum absolute atomic E-state index is 12.7. The van der Waals surface area contributed by atoms with Gasteiger partial charge >= 0.3 is 0 Å². The molecule has 0 aliphatic carbocycles. The fourth-order valence-corrected chi connectivity index (χ4v) is 5.11. The van der Waals surface area contributed by atoms with Gasteiger partial charge in [-0.2, -0.15) is 17.4 Å². The molecular weight excluding hydrogens is 402 g/mol. The van der Waals surface area contributed by atoms with Gasteiger partial charge in [-0.25, -0.2) is 9.97 Å². The van der Waals surface area contributed by atoms with E-state index in [1.807, 2.05) is 36.4 Å². The Kier molecular flexibility index (Phi) is 6.62. The zero-order chi connectivity index (χ0) is 21.0. The van der Waals surface area contributed by atoms with E-state index >= 15 is 0 Å². The molecule has 0 radical (unpaired) electrons. The summed E-state index contributed by atoms with van der Waals surface area (Å²) in [5, 5.41) is 0. The SMILES string of the molecule is CN(Cc1ccccc1)S(=O)(=O)NC1CCN(c2nccc(C3CCOCC3)n2)C1. The molecule has 2 aromatic rings. The molecule has 3 heterocycles. The highest BCUT2D eigenvalue weighted by molar-refractivity contribution is 7.87. The Morgan fingerprint density at radius 3 is 2.70 bits per heavy atom. The summed E-state index contributed by atoms with van der Waals surface area (Å²) < 4.78 is 35.1. The first-order chi connectivity index (χ1) is 14.5. The Morgan fingerprint density at radius 1 is 1.17 bits per heavy atom. The van der Waals surface area contributed by atoms with Crippen LogP contribution in [0.3, 0.4) is 0 Å². The van der Waals surface area contributed by atoms with Crippen molar-refractivity contribution in [3.8, 4) is 0 Å². The molecule has 0 amide bonds. The zero-order valence-corrected chi connectivity index (χ0v) is 18.1. The predicted octanol–water partition coefficient (Wildman–Crippen LogP) is 1.92. The summed E-state index contributed by atoms with van der Waals surface area (Å²) in [5.74, 6) is 1.09. The van der Waals surface area contributed by atoms with E-state index in [9.17, 15) is 8.42 Å². The van der Waals surface area contributed by atoms with Crippen LogP contribution in [0.25, 0.3) is 0 Å². The minimum absolute atomic E-state index is 0.163. The van der Waals surface area contributed by atoms with Crippen molar-refractivity contribution in [1.29, 1.82) is 0 Å². The highest BCUT2D eigenvalue weighted by Crippen LogP contribution is 2.27. The van der Waals surface area contributed by atoms with Crippen molar-refractivity contribution in [2.24, 2.45) is 0 Å². The van der Waals surface area contributed by atoms with Crippen molar-refractivity contribution in [3.05, 3.63) is 53.9 Å². The lowest BCUT2D eigenvalue weighted by atomic mass is 9.96. The normalized spacial score (nSPS) is 20.7. The molecule has 2 aliphatic heterocycles. The third kappa shape index (κ3) is 5.15. The van der Waals surface area contributed by atoms with E-state index in [0.717, 1.165) is 50.3 Å². The van der Waals surface area contributed by atoms with Gasteiger partial charge in [0.2, 0.25) is 5.95 Å². The lowest BCUT2D eigenvalue weighted by molar-refractivity contribution is 0.0845. The summed E-state index contributed by atoms with van der Waals surface area (Å²) in [6.07, 6.45) is 4.49. The highest BCUT2D eigenvalue weighted by atomic mass is 32.2. The van der Waals surface area contributed by atoms with Crippen molar-refractivity contribution in [3.63, 3.8) is 0 Å². The number of hydrogen-bond donors (Lipinski definition) is 1. The van der Waals surface area contributed by atoms with Crippen LogP contribution in [0, 0.1) is 0 Å². The van der Waals surface area contributed by atoms with Crippen molar-refractivity contribution in [2.75, 3.05) is 38.3 Å². The smallest absolute Gasteiger partial charge is 0.279 e. The molecule has 0 bridgehead atoms. The molecule has 2 saturated heterocycles. The Hall–Kier alpha value is -2.07. The van der Waals surface area contributed by atoms with E-state index in [0.29, 0.717) is 25.0 Å². The molecule has 4 rings (SSSR count). The number of benzene rings is 1. The molecule has 1 aromatic carbocycles. The van der Waals surface area contributed by atoms with Crippen LogP contribution in [-0.4, -0.2) is 62.1 Å². The molecule has 30 heavy (non-hydrogen) atoms. The van der Waals surface area contributed by atoms with Gasteiger partial charge in [0, 0.05) is 63.7 Å². The Bertz CT molecular complexity index is 935.